The Morgan fingerprint density at radius 2 is 2.03 bits per heavy atom. The van der Waals surface area contributed by atoms with Gasteiger partial charge in [-0.05, 0) is 43.4 Å². The largest absolute Gasteiger partial charge is 0.493 e. The maximum Gasteiger partial charge on any atom is 0.241 e. The Hall–Kier alpha value is -2.02. The van der Waals surface area contributed by atoms with Gasteiger partial charge in [-0.25, -0.2) is 0 Å². The molecule has 1 aliphatic carbocycles. The molecule has 6 nitrogen and oxygen atoms in total. The summed E-state index contributed by atoms with van der Waals surface area (Å²) in [5, 5.41) is 6.56. The van der Waals surface area contributed by atoms with Crippen LogP contribution >= 0.6 is 24.8 Å². The summed E-state index contributed by atoms with van der Waals surface area (Å²) in [6.45, 7) is 0.384. The smallest absolute Gasteiger partial charge is 0.241 e. The molecule has 2 N–H and O–H groups in total. The molecule has 2 fully saturated rings. The van der Waals surface area contributed by atoms with Gasteiger partial charge in [0, 0.05) is 35.8 Å². The number of carbonyl (C=O) groups is 1. The summed E-state index contributed by atoms with van der Waals surface area (Å²) in [6, 6.07) is 9.68. The molecule has 1 saturated heterocycles. The van der Waals surface area contributed by atoms with Crippen LogP contribution in [-0.4, -0.2) is 30.1 Å². The second-order valence-corrected chi connectivity index (χ2v) is 7.61. The molecule has 1 aliphatic heterocycles. The lowest BCUT2D eigenvalue weighted by molar-refractivity contribution is -0.117. The van der Waals surface area contributed by atoms with Crippen LogP contribution in [0.4, 0.5) is 5.69 Å². The molecule has 1 aromatic heterocycles. The van der Waals surface area contributed by atoms with Crippen LogP contribution in [0.5, 0.6) is 11.5 Å². The van der Waals surface area contributed by atoms with Gasteiger partial charge in [0.15, 0.2) is 11.5 Å². The van der Waals surface area contributed by atoms with Gasteiger partial charge in [0.2, 0.25) is 5.91 Å². The SMILES string of the molecule is COc1ccc(NC(=O)C2CC3CCCCC3N2)cc1OCc1cccnc1.Cl.Cl. The Morgan fingerprint density at radius 1 is 1.20 bits per heavy atom. The van der Waals surface area contributed by atoms with Gasteiger partial charge >= 0.3 is 0 Å². The van der Waals surface area contributed by atoms with Crippen molar-refractivity contribution in [2.24, 2.45) is 5.92 Å². The number of pyridine rings is 1. The van der Waals surface area contributed by atoms with E-state index in [4.69, 9.17) is 9.47 Å². The molecular weight excluding hydrogens is 425 g/mol. The number of hydrogen-bond acceptors (Lipinski definition) is 5. The lowest BCUT2D eigenvalue weighted by atomic mass is 9.85. The van der Waals surface area contributed by atoms with E-state index < -0.39 is 0 Å². The highest BCUT2D eigenvalue weighted by atomic mass is 35.5. The molecule has 8 heteroatoms. The number of anilines is 1. The Morgan fingerprint density at radius 3 is 2.77 bits per heavy atom. The molecule has 2 heterocycles. The summed E-state index contributed by atoms with van der Waals surface area (Å²) in [4.78, 5) is 16.8. The van der Waals surface area contributed by atoms with E-state index in [0.717, 1.165) is 12.0 Å². The summed E-state index contributed by atoms with van der Waals surface area (Å²) < 4.78 is 11.3. The zero-order valence-corrected chi connectivity index (χ0v) is 18.6. The molecule has 0 bridgehead atoms. The molecule has 0 radical (unpaired) electrons. The van der Waals surface area contributed by atoms with Gasteiger partial charge in [0.1, 0.15) is 6.61 Å². The number of nitrogens with one attached hydrogen (secondary N) is 2. The predicted octanol–water partition coefficient (Wildman–Crippen LogP) is 4.37. The minimum absolute atomic E-state index is 0. The van der Waals surface area contributed by atoms with Gasteiger partial charge < -0.3 is 20.1 Å². The third-order valence-corrected chi connectivity index (χ3v) is 5.73. The second-order valence-electron chi connectivity index (χ2n) is 7.61. The highest BCUT2D eigenvalue weighted by molar-refractivity contribution is 5.95. The van der Waals surface area contributed by atoms with Crippen molar-refractivity contribution in [3.63, 3.8) is 0 Å². The molecule has 1 aromatic carbocycles. The van der Waals surface area contributed by atoms with Crippen LogP contribution in [0.3, 0.4) is 0 Å². The van der Waals surface area contributed by atoms with E-state index >= 15 is 0 Å². The molecule has 1 saturated carbocycles. The predicted molar refractivity (Wildman–Crippen MR) is 122 cm³/mol. The fraction of sp³-hybridized carbons (Fsp3) is 0.455. The number of rotatable bonds is 6. The quantitative estimate of drug-likeness (QED) is 0.678. The molecule has 2 aromatic rings. The Labute approximate surface area is 190 Å². The number of fused-ring (bicyclic) bond motifs is 1. The van der Waals surface area contributed by atoms with Crippen LogP contribution in [-0.2, 0) is 11.4 Å². The zero-order valence-electron chi connectivity index (χ0n) is 17.0. The second kappa shape index (κ2) is 11.4. The molecule has 3 atom stereocenters. The van der Waals surface area contributed by atoms with E-state index in [1.165, 1.54) is 25.7 Å². The minimum Gasteiger partial charge on any atom is -0.493 e. The van der Waals surface area contributed by atoms with Crippen LogP contribution in [0.15, 0.2) is 42.7 Å². The first-order valence-electron chi connectivity index (χ1n) is 9.99. The van der Waals surface area contributed by atoms with Crippen LogP contribution < -0.4 is 20.1 Å². The number of benzene rings is 1. The van der Waals surface area contributed by atoms with Crippen LogP contribution in [0.1, 0.15) is 37.7 Å². The van der Waals surface area contributed by atoms with Crippen LogP contribution in [0.2, 0.25) is 0 Å². The van der Waals surface area contributed by atoms with Crippen molar-refractivity contribution in [1.82, 2.24) is 10.3 Å². The van der Waals surface area contributed by atoms with Gasteiger partial charge in [-0.1, -0.05) is 18.9 Å². The Kier molecular flexibility index (Phi) is 9.21. The first kappa shape index (κ1) is 24.3. The van der Waals surface area contributed by atoms with Crippen molar-refractivity contribution in [3.8, 4) is 11.5 Å². The van der Waals surface area contributed by atoms with Gasteiger partial charge in [-0.3, -0.25) is 9.78 Å². The first-order valence-corrected chi connectivity index (χ1v) is 9.99. The molecule has 4 rings (SSSR count). The summed E-state index contributed by atoms with van der Waals surface area (Å²) >= 11 is 0. The minimum atomic E-state index is -0.116. The van der Waals surface area contributed by atoms with Gasteiger partial charge in [-0.2, -0.15) is 0 Å². The number of ether oxygens (including phenoxy) is 2. The molecule has 1 amide bonds. The van der Waals surface area contributed by atoms with E-state index in [-0.39, 0.29) is 36.8 Å². The summed E-state index contributed by atoms with van der Waals surface area (Å²) in [5.41, 5.74) is 1.68. The van der Waals surface area contributed by atoms with E-state index in [2.05, 4.69) is 15.6 Å². The number of aromatic nitrogens is 1. The van der Waals surface area contributed by atoms with Crippen LogP contribution in [0.25, 0.3) is 0 Å². The van der Waals surface area contributed by atoms with Gasteiger partial charge in [0.25, 0.3) is 0 Å². The van der Waals surface area contributed by atoms with E-state index in [9.17, 15) is 4.79 Å². The monoisotopic (exact) mass is 453 g/mol. The van der Waals surface area contributed by atoms with Crippen molar-refractivity contribution in [2.45, 2.75) is 50.8 Å². The van der Waals surface area contributed by atoms with E-state index in [0.29, 0.717) is 35.8 Å². The average molecular weight is 454 g/mol. The molecule has 3 unspecified atom stereocenters. The molecule has 0 spiro atoms. The summed E-state index contributed by atoms with van der Waals surface area (Å²) in [5.74, 6) is 1.89. The van der Waals surface area contributed by atoms with E-state index in [1.54, 1.807) is 19.5 Å². The standard InChI is InChI=1S/C22H27N3O3.2ClH/c1-27-20-9-8-17(12-21(20)28-14-15-5-4-10-23-13-15)24-22(26)19-11-16-6-2-3-7-18(16)25-19;;/h4-5,8-10,12-13,16,18-19,25H,2-3,6-7,11,14H2,1H3,(H,24,26);2*1H. The highest BCUT2D eigenvalue weighted by Gasteiger charge is 2.38. The number of amides is 1. The number of methoxy groups -OCH3 is 1. The summed E-state index contributed by atoms with van der Waals surface area (Å²) in [6.07, 6.45) is 9.39. The molecule has 30 heavy (non-hydrogen) atoms. The van der Waals surface area contributed by atoms with Crippen LogP contribution in [0, 0.1) is 5.92 Å². The number of nitrogens with zero attached hydrogens (tertiary/aromatic N) is 1. The Balaban J connectivity index is 0.00000160. The Bertz CT molecular complexity index is 809. The zero-order chi connectivity index (χ0) is 19.3. The molecular formula is C22H29Cl2N3O3. The third kappa shape index (κ3) is 5.78. The fourth-order valence-corrected chi connectivity index (χ4v) is 4.26. The fourth-order valence-electron chi connectivity index (χ4n) is 4.26. The lowest BCUT2D eigenvalue weighted by Crippen LogP contribution is -2.39. The van der Waals surface area contributed by atoms with Gasteiger partial charge in [0.05, 0.1) is 13.2 Å². The number of halogens is 2. The molecule has 2 aliphatic rings. The third-order valence-electron chi connectivity index (χ3n) is 5.73. The van der Waals surface area contributed by atoms with Crippen molar-refractivity contribution >= 4 is 36.4 Å². The maximum atomic E-state index is 12.7. The maximum absolute atomic E-state index is 12.7. The number of carbonyl (C=O) groups excluding carboxylic acids is 1. The summed E-state index contributed by atoms with van der Waals surface area (Å²) in [7, 11) is 1.61. The van der Waals surface area contributed by atoms with Crippen molar-refractivity contribution < 1.29 is 14.3 Å². The van der Waals surface area contributed by atoms with Gasteiger partial charge in [-0.15, -0.1) is 24.8 Å². The van der Waals surface area contributed by atoms with Crippen molar-refractivity contribution in [2.75, 3.05) is 12.4 Å². The molecule has 164 valence electrons. The first-order chi connectivity index (χ1) is 13.7. The normalized spacial score (nSPS) is 22.1. The number of hydrogen-bond donors (Lipinski definition) is 2. The van der Waals surface area contributed by atoms with Crippen molar-refractivity contribution in [3.05, 3.63) is 48.3 Å². The average Bonchev–Trinajstić information content (AvgIpc) is 3.18. The van der Waals surface area contributed by atoms with Crippen molar-refractivity contribution in [1.29, 1.82) is 0 Å². The highest BCUT2D eigenvalue weighted by Crippen LogP contribution is 2.34. The van der Waals surface area contributed by atoms with E-state index in [1.807, 2.05) is 30.3 Å². The topological polar surface area (TPSA) is 72.5 Å². The lowest BCUT2D eigenvalue weighted by Gasteiger charge is -2.24.